The van der Waals surface area contributed by atoms with Gasteiger partial charge in [-0.3, -0.25) is 4.79 Å². The summed E-state index contributed by atoms with van der Waals surface area (Å²) in [5.41, 5.74) is 12.6. The number of benzene rings is 1. The van der Waals surface area contributed by atoms with Crippen LogP contribution in [-0.4, -0.2) is 25.5 Å². The van der Waals surface area contributed by atoms with Crippen LogP contribution in [0, 0.1) is 5.92 Å². The Morgan fingerprint density at radius 1 is 1.47 bits per heavy atom. The quantitative estimate of drug-likeness (QED) is 0.890. The predicted molar refractivity (Wildman–Crippen MR) is 81.3 cm³/mol. The fourth-order valence-electron chi connectivity index (χ4n) is 2.73. The molecule has 1 atom stereocenters. The van der Waals surface area contributed by atoms with Crippen molar-refractivity contribution in [1.29, 1.82) is 0 Å². The molecular formula is C14H20BrN3O. The molecule has 0 aliphatic carbocycles. The van der Waals surface area contributed by atoms with E-state index in [0.717, 1.165) is 42.6 Å². The van der Waals surface area contributed by atoms with E-state index >= 15 is 0 Å². The molecule has 1 unspecified atom stereocenters. The highest BCUT2D eigenvalue weighted by atomic mass is 79.9. The van der Waals surface area contributed by atoms with Crippen molar-refractivity contribution in [3.05, 3.63) is 28.2 Å². The lowest BCUT2D eigenvalue weighted by atomic mass is 9.94. The number of anilines is 1. The third kappa shape index (κ3) is 3.48. The van der Waals surface area contributed by atoms with E-state index in [9.17, 15) is 4.79 Å². The second kappa shape index (κ2) is 6.39. The van der Waals surface area contributed by atoms with Crippen molar-refractivity contribution in [3.8, 4) is 0 Å². The van der Waals surface area contributed by atoms with Crippen molar-refractivity contribution < 1.29 is 4.79 Å². The molecule has 1 aromatic carbocycles. The number of rotatable bonds is 4. The maximum absolute atomic E-state index is 11.5. The Balaban J connectivity index is 2.24. The van der Waals surface area contributed by atoms with Gasteiger partial charge in [-0.15, -0.1) is 0 Å². The lowest BCUT2D eigenvalue weighted by Crippen LogP contribution is -2.37. The largest absolute Gasteiger partial charge is 0.371 e. The summed E-state index contributed by atoms with van der Waals surface area (Å²) < 4.78 is 0.966. The zero-order valence-electron chi connectivity index (χ0n) is 10.9. The third-order valence-electron chi connectivity index (χ3n) is 3.66. The Morgan fingerprint density at radius 2 is 2.26 bits per heavy atom. The number of piperidine rings is 1. The average molecular weight is 326 g/mol. The van der Waals surface area contributed by atoms with E-state index in [2.05, 4.69) is 20.8 Å². The van der Waals surface area contributed by atoms with Gasteiger partial charge in [-0.05, 0) is 49.9 Å². The molecule has 1 aliphatic heterocycles. The molecule has 2 rings (SSSR count). The van der Waals surface area contributed by atoms with Crippen LogP contribution < -0.4 is 16.4 Å². The molecule has 1 aliphatic rings. The molecular weight excluding hydrogens is 306 g/mol. The number of nitrogens with zero attached hydrogens (tertiary/aromatic N) is 1. The van der Waals surface area contributed by atoms with Crippen molar-refractivity contribution in [3.63, 3.8) is 0 Å². The number of halogens is 1. The van der Waals surface area contributed by atoms with Gasteiger partial charge < -0.3 is 16.4 Å². The Labute approximate surface area is 122 Å². The molecule has 5 heteroatoms. The van der Waals surface area contributed by atoms with Crippen molar-refractivity contribution in [1.82, 2.24) is 0 Å². The molecule has 0 aromatic heterocycles. The van der Waals surface area contributed by atoms with E-state index in [4.69, 9.17) is 11.5 Å². The number of carbonyl (C=O) groups is 1. The second-order valence-corrected chi connectivity index (χ2v) is 5.97. The minimum atomic E-state index is -0.372. The van der Waals surface area contributed by atoms with Crippen LogP contribution in [0.1, 0.15) is 29.6 Å². The highest BCUT2D eigenvalue weighted by Crippen LogP contribution is 2.29. The minimum Gasteiger partial charge on any atom is -0.371 e. The molecule has 104 valence electrons. The Bertz CT molecular complexity index is 462. The van der Waals surface area contributed by atoms with E-state index in [1.54, 1.807) is 6.07 Å². The predicted octanol–water partition coefficient (Wildman–Crippen LogP) is 2.11. The van der Waals surface area contributed by atoms with Gasteiger partial charge in [-0.2, -0.15) is 0 Å². The summed E-state index contributed by atoms with van der Waals surface area (Å²) in [5.74, 6) is 0.238. The van der Waals surface area contributed by atoms with Gasteiger partial charge in [0.05, 0.1) is 11.3 Å². The summed E-state index contributed by atoms with van der Waals surface area (Å²) in [5, 5.41) is 0. The van der Waals surface area contributed by atoms with Crippen LogP contribution in [0.4, 0.5) is 5.69 Å². The van der Waals surface area contributed by atoms with Gasteiger partial charge in [-0.25, -0.2) is 0 Å². The number of primary amides is 1. The molecule has 1 fully saturated rings. The molecule has 4 N–H and O–H groups in total. The SMILES string of the molecule is NCCC1CCCN(c2cc(Br)ccc2C(N)=O)C1. The lowest BCUT2D eigenvalue weighted by molar-refractivity contribution is 0.100. The van der Waals surface area contributed by atoms with Crippen LogP contribution >= 0.6 is 15.9 Å². The Hall–Kier alpha value is -1.07. The fourth-order valence-corrected chi connectivity index (χ4v) is 3.08. The van der Waals surface area contributed by atoms with E-state index < -0.39 is 0 Å². The van der Waals surface area contributed by atoms with Gasteiger partial charge in [0.2, 0.25) is 0 Å². The summed E-state index contributed by atoms with van der Waals surface area (Å²) in [6, 6.07) is 5.62. The first-order valence-corrected chi connectivity index (χ1v) is 7.45. The first-order valence-electron chi connectivity index (χ1n) is 6.66. The first kappa shape index (κ1) is 14.3. The molecule has 0 radical (unpaired) electrons. The zero-order chi connectivity index (χ0) is 13.8. The summed E-state index contributed by atoms with van der Waals surface area (Å²) in [7, 11) is 0. The van der Waals surface area contributed by atoms with E-state index in [1.807, 2.05) is 12.1 Å². The van der Waals surface area contributed by atoms with Crippen LogP contribution in [0.5, 0.6) is 0 Å². The monoisotopic (exact) mass is 325 g/mol. The normalized spacial score (nSPS) is 19.5. The van der Waals surface area contributed by atoms with Gasteiger partial charge in [0, 0.05) is 17.6 Å². The Kier molecular flexibility index (Phi) is 4.82. The highest BCUT2D eigenvalue weighted by molar-refractivity contribution is 9.10. The molecule has 1 saturated heterocycles. The summed E-state index contributed by atoms with van der Waals surface area (Å²) in [4.78, 5) is 13.8. The van der Waals surface area contributed by atoms with E-state index in [1.165, 1.54) is 6.42 Å². The number of nitrogens with two attached hydrogens (primary N) is 2. The molecule has 0 spiro atoms. The zero-order valence-corrected chi connectivity index (χ0v) is 12.5. The molecule has 1 aromatic rings. The lowest BCUT2D eigenvalue weighted by Gasteiger charge is -2.35. The topological polar surface area (TPSA) is 72.3 Å². The first-order chi connectivity index (χ1) is 9.11. The molecule has 0 bridgehead atoms. The average Bonchev–Trinajstić information content (AvgIpc) is 2.39. The van der Waals surface area contributed by atoms with E-state index in [-0.39, 0.29) is 5.91 Å². The molecule has 4 nitrogen and oxygen atoms in total. The van der Waals surface area contributed by atoms with Gasteiger partial charge in [0.1, 0.15) is 0 Å². The fraction of sp³-hybridized carbons (Fsp3) is 0.500. The van der Waals surface area contributed by atoms with Crippen molar-refractivity contribution in [2.75, 3.05) is 24.5 Å². The second-order valence-electron chi connectivity index (χ2n) is 5.06. The van der Waals surface area contributed by atoms with Crippen molar-refractivity contribution >= 4 is 27.5 Å². The van der Waals surface area contributed by atoms with Crippen LogP contribution in [-0.2, 0) is 0 Å². The molecule has 0 saturated carbocycles. The number of carbonyl (C=O) groups excluding carboxylic acids is 1. The molecule has 1 amide bonds. The van der Waals surface area contributed by atoms with Gasteiger partial charge in [-0.1, -0.05) is 15.9 Å². The van der Waals surface area contributed by atoms with Gasteiger partial charge in [0.15, 0.2) is 0 Å². The Morgan fingerprint density at radius 3 is 2.95 bits per heavy atom. The summed E-state index contributed by atoms with van der Waals surface area (Å²) in [6.07, 6.45) is 3.39. The number of amides is 1. The van der Waals surface area contributed by atoms with Crippen molar-refractivity contribution in [2.45, 2.75) is 19.3 Å². The summed E-state index contributed by atoms with van der Waals surface area (Å²) >= 11 is 3.46. The van der Waals surface area contributed by atoms with Gasteiger partial charge >= 0.3 is 0 Å². The smallest absolute Gasteiger partial charge is 0.250 e. The molecule has 19 heavy (non-hydrogen) atoms. The van der Waals surface area contributed by atoms with E-state index in [0.29, 0.717) is 11.5 Å². The van der Waals surface area contributed by atoms with Crippen LogP contribution in [0.15, 0.2) is 22.7 Å². The van der Waals surface area contributed by atoms with Gasteiger partial charge in [0.25, 0.3) is 5.91 Å². The molecule has 1 heterocycles. The highest BCUT2D eigenvalue weighted by Gasteiger charge is 2.22. The standard InChI is InChI=1S/C14H20BrN3O/c15-11-3-4-12(14(17)19)13(8-11)18-7-1-2-10(9-18)5-6-16/h3-4,8,10H,1-2,5-7,9,16H2,(H2,17,19). The number of hydrogen-bond donors (Lipinski definition) is 2. The van der Waals surface area contributed by atoms with Crippen molar-refractivity contribution in [2.24, 2.45) is 17.4 Å². The third-order valence-corrected chi connectivity index (χ3v) is 4.15. The van der Waals surface area contributed by atoms with Crippen LogP contribution in [0.25, 0.3) is 0 Å². The van der Waals surface area contributed by atoms with Crippen LogP contribution in [0.2, 0.25) is 0 Å². The number of hydrogen-bond acceptors (Lipinski definition) is 3. The minimum absolute atomic E-state index is 0.372. The van der Waals surface area contributed by atoms with Crippen LogP contribution in [0.3, 0.4) is 0 Å². The maximum Gasteiger partial charge on any atom is 0.250 e. The maximum atomic E-state index is 11.5. The summed E-state index contributed by atoms with van der Waals surface area (Å²) in [6.45, 7) is 2.64.